The first-order valence-corrected chi connectivity index (χ1v) is 10.1. The van der Waals surface area contributed by atoms with Crippen molar-refractivity contribution in [2.24, 2.45) is 0 Å². The van der Waals surface area contributed by atoms with Crippen molar-refractivity contribution in [2.45, 2.75) is 31.7 Å². The van der Waals surface area contributed by atoms with Crippen LogP contribution in [0.25, 0.3) is 0 Å². The Bertz CT molecular complexity index is 908. The molecule has 0 aromatic heterocycles. The number of methoxy groups -OCH3 is 1. The summed E-state index contributed by atoms with van der Waals surface area (Å²) in [6.45, 7) is 5.63. The maximum atomic E-state index is 12.6. The van der Waals surface area contributed by atoms with Crippen LogP contribution in [-0.4, -0.2) is 39.3 Å². The van der Waals surface area contributed by atoms with Gasteiger partial charge in [-0.25, -0.2) is 8.42 Å². The van der Waals surface area contributed by atoms with Gasteiger partial charge in [0.2, 0.25) is 15.9 Å². The average molecular weight is 391 g/mol. The molecule has 0 aliphatic carbocycles. The highest BCUT2D eigenvalue weighted by Gasteiger charge is 2.23. The highest BCUT2D eigenvalue weighted by molar-refractivity contribution is 7.89. The van der Waals surface area contributed by atoms with Gasteiger partial charge in [0.05, 0.1) is 24.6 Å². The topological polar surface area (TPSA) is 75.7 Å². The maximum absolute atomic E-state index is 12.6. The number of nitrogens with one attached hydrogen (secondary N) is 1. The van der Waals surface area contributed by atoms with Crippen molar-refractivity contribution < 1.29 is 17.9 Å². The molecule has 0 fully saturated rings. The molecule has 2 rings (SSSR count). The van der Waals surface area contributed by atoms with Gasteiger partial charge in [-0.1, -0.05) is 23.8 Å². The second-order valence-corrected chi connectivity index (χ2v) is 8.63. The van der Waals surface area contributed by atoms with Crippen molar-refractivity contribution in [3.8, 4) is 5.75 Å². The number of amides is 1. The normalized spacial score (nSPS) is 12.7. The van der Waals surface area contributed by atoms with Crippen LogP contribution in [0.15, 0.2) is 47.4 Å². The van der Waals surface area contributed by atoms with Crippen LogP contribution in [0.5, 0.6) is 5.75 Å². The van der Waals surface area contributed by atoms with Gasteiger partial charge in [0.1, 0.15) is 5.75 Å². The van der Waals surface area contributed by atoms with Crippen LogP contribution in [0, 0.1) is 13.8 Å². The number of carbonyl (C=O) groups is 1. The average Bonchev–Trinajstić information content (AvgIpc) is 2.61. The van der Waals surface area contributed by atoms with Gasteiger partial charge in [-0.15, -0.1) is 0 Å². The molecule has 0 bridgehead atoms. The number of hydrogen-bond acceptors (Lipinski definition) is 4. The molecule has 0 saturated heterocycles. The predicted octanol–water partition coefficient (Wildman–Crippen LogP) is 2.81. The number of hydrogen-bond donors (Lipinski definition) is 1. The first kappa shape index (κ1) is 20.9. The summed E-state index contributed by atoms with van der Waals surface area (Å²) in [6, 6.07) is 11.9. The van der Waals surface area contributed by atoms with Gasteiger partial charge in [-0.05, 0) is 56.2 Å². The Morgan fingerprint density at radius 2 is 1.78 bits per heavy atom. The second kappa shape index (κ2) is 8.54. The summed E-state index contributed by atoms with van der Waals surface area (Å²) in [6.07, 6.45) is 0. The molecule has 7 heteroatoms. The Balaban J connectivity index is 2.05. The lowest BCUT2D eigenvalue weighted by atomic mass is 10.0. The van der Waals surface area contributed by atoms with E-state index < -0.39 is 10.0 Å². The molecule has 1 amide bonds. The first-order valence-electron chi connectivity index (χ1n) is 8.62. The third-order valence-corrected chi connectivity index (χ3v) is 6.22. The molecule has 1 N–H and O–H groups in total. The summed E-state index contributed by atoms with van der Waals surface area (Å²) < 4.78 is 31.3. The SMILES string of the molecule is COc1ccc(S(=O)(=O)N(C)CC(=O)NC(C)c2ccc(C)cc2C)cc1. The fraction of sp³-hybridized carbons (Fsp3) is 0.350. The van der Waals surface area contributed by atoms with E-state index >= 15 is 0 Å². The molecular formula is C20H26N2O4S. The molecular weight excluding hydrogens is 364 g/mol. The second-order valence-electron chi connectivity index (χ2n) is 6.59. The van der Waals surface area contributed by atoms with Gasteiger partial charge in [-0.3, -0.25) is 4.79 Å². The molecule has 6 nitrogen and oxygen atoms in total. The number of rotatable bonds is 7. The van der Waals surface area contributed by atoms with Crippen LogP contribution >= 0.6 is 0 Å². The van der Waals surface area contributed by atoms with Crippen molar-refractivity contribution in [3.05, 3.63) is 59.2 Å². The molecule has 0 radical (unpaired) electrons. The summed E-state index contributed by atoms with van der Waals surface area (Å²) >= 11 is 0. The van der Waals surface area contributed by atoms with E-state index in [1.165, 1.54) is 26.3 Å². The Kier molecular flexibility index (Phi) is 6.62. The van der Waals surface area contributed by atoms with Gasteiger partial charge in [0, 0.05) is 7.05 Å². The van der Waals surface area contributed by atoms with Crippen LogP contribution in [0.3, 0.4) is 0 Å². The van der Waals surface area contributed by atoms with Crippen LogP contribution in [0.4, 0.5) is 0 Å². The third-order valence-electron chi connectivity index (χ3n) is 4.40. The number of ether oxygens (including phenoxy) is 1. The van der Waals surface area contributed by atoms with Crippen LogP contribution in [-0.2, 0) is 14.8 Å². The predicted molar refractivity (Wildman–Crippen MR) is 105 cm³/mol. The minimum atomic E-state index is -3.76. The standard InChI is InChI=1S/C20H26N2O4S/c1-14-6-11-19(15(2)12-14)16(3)21-20(23)13-22(4)27(24,25)18-9-7-17(26-5)8-10-18/h6-12,16H,13H2,1-5H3,(H,21,23). The Morgan fingerprint density at radius 1 is 1.15 bits per heavy atom. The van der Waals surface area contributed by atoms with E-state index in [1.807, 2.05) is 32.9 Å². The Labute approximate surface area is 161 Å². The Hall–Kier alpha value is -2.38. The van der Waals surface area contributed by atoms with E-state index in [0.29, 0.717) is 5.75 Å². The third kappa shape index (κ3) is 5.08. The molecule has 0 heterocycles. The van der Waals surface area contributed by atoms with E-state index in [1.54, 1.807) is 12.1 Å². The number of aryl methyl sites for hydroxylation is 2. The highest BCUT2D eigenvalue weighted by Crippen LogP contribution is 2.20. The van der Waals surface area contributed by atoms with E-state index in [-0.39, 0.29) is 23.4 Å². The molecule has 27 heavy (non-hydrogen) atoms. The number of carbonyl (C=O) groups excluding carboxylic acids is 1. The van der Waals surface area contributed by atoms with Gasteiger partial charge in [0.15, 0.2) is 0 Å². The van der Waals surface area contributed by atoms with Gasteiger partial charge < -0.3 is 10.1 Å². The summed E-state index contributed by atoms with van der Waals surface area (Å²) in [5.74, 6) is 0.207. The van der Waals surface area contributed by atoms with E-state index in [9.17, 15) is 13.2 Å². The molecule has 1 unspecified atom stereocenters. The molecule has 146 valence electrons. The summed E-state index contributed by atoms with van der Waals surface area (Å²) in [5, 5.41) is 2.86. The molecule has 0 aliphatic rings. The van der Waals surface area contributed by atoms with Crippen LogP contribution in [0.1, 0.15) is 29.7 Å². The summed E-state index contributed by atoms with van der Waals surface area (Å²) in [5.41, 5.74) is 3.25. The largest absolute Gasteiger partial charge is 0.497 e. The summed E-state index contributed by atoms with van der Waals surface area (Å²) in [4.78, 5) is 12.5. The van der Waals surface area contributed by atoms with E-state index in [0.717, 1.165) is 21.0 Å². The quantitative estimate of drug-likeness (QED) is 0.789. The van der Waals surface area contributed by atoms with E-state index in [4.69, 9.17) is 4.74 Å². The zero-order valence-corrected chi connectivity index (χ0v) is 17.1. The number of sulfonamides is 1. The summed E-state index contributed by atoms with van der Waals surface area (Å²) in [7, 11) is -0.856. The van der Waals surface area contributed by atoms with E-state index in [2.05, 4.69) is 11.4 Å². The van der Waals surface area contributed by atoms with Crippen molar-refractivity contribution in [3.63, 3.8) is 0 Å². The first-order chi connectivity index (χ1) is 12.6. The Morgan fingerprint density at radius 3 is 2.33 bits per heavy atom. The van der Waals surface area contributed by atoms with Crippen molar-refractivity contribution >= 4 is 15.9 Å². The molecule has 2 aromatic carbocycles. The van der Waals surface area contributed by atoms with Crippen molar-refractivity contribution in [1.29, 1.82) is 0 Å². The fourth-order valence-corrected chi connectivity index (χ4v) is 4.02. The lowest BCUT2D eigenvalue weighted by Crippen LogP contribution is -2.39. The number of likely N-dealkylation sites (N-methyl/N-ethyl adjacent to an activating group) is 1. The molecule has 0 aliphatic heterocycles. The molecule has 2 aromatic rings. The smallest absolute Gasteiger partial charge is 0.243 e. The van der Waals surface area contributed by atoms with Gasteiger partial charge in [-0.2, -0.15) is 4.31 Å². The number of benzene rings is 2. The highest BCUT2D eigenvalue weighted by atomic mass is 32.2. The molecule has 0 spiro atoms. The fourth-order valence-electron chi connectivity index (χ4n) is 2.89. The molecule has 1 atom stereocenters. The number of nitrogens with zero attached hydrogens (tertiary/aromatic N) is 1. The zero-order chi connectivity index (χ0) is 20.2. The van der Waals surface area contributed by atoms with Crippen molar-refractivity contribution in [2.75, 3.05) is 20.7 Å². The maximum Gasteiger partial charge on any atom is 0.243 e. The monoisotopic (exact) mass is 390 g/mol. The lowest BCUT2D eigenvalue weighted by molar-refractivity contribution is -0.121. The van der Waals surface area contributed by atoms with Crippen LogP contribution in [0.2, 0.25) is 0 Å². The van der Waals surface area contributed by atoms with Gasteiger partial charge >= 0.3 is 0 Å². The van der Waals surface area contributed by atoms with Crippen molar-refractivity contribution in [1.82, 2.24) is 9.62 Å². The van der Waals surface area contributed by atoms with Gasteiger partial charge in [0.25, 0.3) is 0 Å². The zero-order valence-electron chi connectivity index (χ0n) is 16.3. The molecule has 0 saturated carbocycles. The van der Waals surface area contributed by atoms with Crippen LogP contribution < -0.4 is 10.1 Å². The minimum absolute atomic E-state index is 0.112. The minimum Gasteiger partial charge on any atom is -0.497 e. The lowest BCUT2D eigenvalue weighted by Gasteiger charge is -2.20.